The summed E-state index contributed by atoms with van der Waals surface area (Å²) in [5.41, 5.74) is 0.349. The average Bonchev–Trinajstić information content (AvgIpc) is 2.86. The van der Waals surface area contributed by atoms with Crippen LogP contribution < -0.4 is 10.6 Å². The Kier molecular flexibility index (Phi) is 3.81. The number of anilines is 1. The molecular weight excluding hydrogens is 254 g/mol. The maximum absolute atomic E-state index is 11.6. The fraction of sp³-hybridized carbons (Fsp3) is 0.545. The van der Waals surface area contributed by atoms with Gasteiger partial charge in [-0.2, -0.15) is 0 Å². The van der Waals surface area contributed by atoms with Crippen molar-refractivity contribution in [3.8, 4) is 0 Å². The molecule has 0 aliphatic carbocycles. The second-order valence-electron chi connectivity index (χ2n) is 3.99. The molecule has 1 aliphatic heterocycles. The highest BCUT2D eigenvalue weighted by molar-refractivity contribution is 7.15. The zero-order valence-corrected chi connectivity index (χ0v) is 11.1. The quantitative estimate of drug-likeness (QED) is 0.795. The van der Waals surface area contributed by atoms with Crippen molar-refractivity contribution in [1.29, 1.82) is 0 Å². The molecule has 1 aliphatic rings. The van der Waals surface area contributed by atoms with Gasteiger partial charge in [-0.15, -0.1) is 11.3 Å². The number of ether oxygens (including phenoxy) is 1. The lowest BCUT2D eigenvalue weighted by atomic mass is 10.3. The van der Waals surface area contributed by atoms with E-state index in [1.807, 2.05) is 6.92 Å². The maximum atomic E-state index is 11.6. The topological polar surface area (TPSA) is 80.3 Å². The number of aryl methyl sites for hydroxylation is 1. The Labute approximate surface area is 109 Å². The molecule has 1 atom stereocenters. The molecule has 0 spiro atoms. The smallest absolute Gasteiger partial charge is 0.358 e. The fourth-order valence-electron chi connectivity index (χ4n) is 1.73. The zero-order valence-electron chi connectivity index (χ0n) is 10.3. The van der Waals surface area contributed by atoms with E-state index in [1.165, 1.54) is 11.3 Å². The van der Waals surface area contributed by atoms with Gasteiger partial charge in [0.05, 0.1) is 12.6 Å². The Hall–Kier alpha value is -1.63. The van der Waals surface area contributed by atoms with Gasteiger partial charge in [-0.1, -0.05) is 0 Å². The van der Waals surface area contributed by atoms with E-state index < -0.39 is 5.97 Å². The second-order valence-corrected chi connectivity index (χ2v) is 5.20. The normalized spacial score (nSPS) is 18.6. The number of hydrogen-bond acceptors (Lipinski definition) is 6. The molecule has 0 bridgehead atoms. The average molecular weight is 269 g/mol. The van der Waals surface area contributed by atoms with Crippen molar-refractivity contribution in [2.24, 2.45) is 0 Å². The Bertz CT molecular complexity index is 472. The van der Waals surface area contributed by atoms with Crippen LogP contribution in [0.2, 0.25) is 0 Å². The summed E-state index contributed by atoms with van der Waals surface area (Å²) in [5.74, 6) is -0.369. The third-order valence-electron chi connectivity index (χ3n) is 2.57. The van der Waals surface area contributed by atoms with Crippen molar-refractivity contribution in [2.45, 2.75) is 26.3 Å². The van der Waals surface area contributed by atoms with Crippen molar-refractivity contribution >= 4 is 28.3 Å². The van der Waals surface area contributed by atoms with Crippen LogP contribution in [0.15, 0.2) is 0 Å². The van der Waals surface area contributed by atoms with Crippen LogP contribution in [0, 0.1) is 6.92 Å². The number of amides is 1. The zero-order chi connectivity index (χ0) is 13.1. The van der Waals surface area contributed by atoms with Gasteiger partial charge in [-0.05, 0) is 13.8 Å². The van der Waals surface area contributed by atoms with Gasteiger partial charge < -0.3 is 15.4 Å². The molecule has 0 radical (unpaired) electrons. The molecule has 6 nitrogen and oxygen atoms in total. The van der Waals surface area contributed by atoms with Crippen LogP contribution in [0.1, 0.15) is 28.7 Å². The van der Waals surface area contributed by atoms with Crippen molar-refractivity contribution in [3.05, 3.63) is 10.6 Å². The molecule has 7 heteroatoms. The van der Waals surface area contributed by atoms with E-state index in [4.69, 9.17) is 4.74 Å². The molecule has 1 saturated heterocycles. The van der Waals surface area contributed by atoms with Gasteiger partial charge in [-0.25, -0.2) is 9.78 Å². The Balaban J connectivity index is 2.04. The minimum atomic E-state index is -0.403. The lowest BCUT2D eigenvalue weighted by Crippen LogP contribution is -2.22. The molecule has 2 N–H and O–H groups in total. The summed E-state index contributed by atoms with van der Waals surface area (Å²) in [6.45, 7) is 4.51. The third-order valence-corrected chi connectivity index (χ3v) is 3.47. The second kappa shape index (κ2) is 5.34. The Morgan fingerprint density at radius 2 is 2.44 bits per heavy atom. The first-order valence-electron chi connectivity index (χ1n) is 5.78. The molecule has 2 heterocycles. The van der Waals surface area contributed by atoms with Gasteiger partial charge in [0.15, 0.2) is 10.8 Å². The highest BCUT2D eigenvalue weighted by atomic mass is 32.1. The van der Waals surface area contributed by atoms with E-state index in [0.717, 1.165) is 4.88 Å². The van der Waals surface area contributed by atoms with Gasteiger partial charge in [0, 0.05) is 17.8 Å². The number of hydrogen-bond donors (Lipinski definition) is 2. The number of nitrogens with zero attached hydrogens (tertiary/aromatic N) is 1. The molecule has 1 amide bonds. The molecule has 0 aromatic carbocycles. The molecule has 18 heavy (non-hydrogen) atoms. The highest BCUT2D eigenvalue weighted by Gasteiger charge is 2.23. The standard InChI is InChI=1S/C11H15N3O3S/c1-3-17-10(16)9-6(2)18-11(14-9)13-7-4-8(15)12-5-7/h7H,3-5H2,1-2H3,(H,12,15)(H,13,14). The summed E-state index contributed by atoms with van der Waals surface area (Å²) in [6, 6.07) is 0.0399. The first-order chi connectivity index (χ1) is 8.60. The van der Waals surface area contributed by atoms with Crippen molar-refractivity contribution < 1.29 is 14.3 Å². The number of thiazole rings is 1. The van der Waals surface area contributed by atoms with E-state index in [0.29, 0.717) is 30.4 Å². The van der Waals surface area contributed by atoms with E-state index >= 15 is 0 Å². The van der Waals surface area contributed by atoms with E-state index in [9.17, 15) is 9.59 Å². The first-order valence-corrected chi connectivity index (χ1v) is 6.59. The Morgan fingerprint density at radius 3 is 3.06 bits per heavy atom. The minimum absolute atomic E-state index is 0.0337. The molecule has 2 rings (SSSR count). The maximum Gasteiger partial charge on any atom is 0.358 e. The number of nitrogens with one attached hydrogen (secondary N) is 2. The van der Waals surface area contributed by atoms with E-state index in [2.05, 4.69) is 15.6 Å². The summed E-state index contributed by atoms with van der Waals surface area (Å²) in [7, 11) is 0. The van der Waals surface area contributed by atoms with Crippen molar-refractivity contribution in [1.82, 2.24) is 10.3 Å². The molecular formula is C11H15N3O3S. The SMILES string of the molecule is CCOC(=O)c1nc(NC2CNC(=O)C2)sc1C. The lowest BCUT2D eigenvalue weighted by molar-refractivity contribution is -0.119. The number of carbonyl (C=O) groups is 2. The summed E-state index contributed by atoms with van der Waals surface area (Å²) >= 11 is 1.39. The van der Waals surface area contributed by atoms with Gasteiger partial charge in [0.2, 0.25) is 5.91 Å². The van der Waals surface area contributed by atoms with Crippen LogP contribution in [0.3, 0.4) is 0 Å². The summed E-state index contributed by atoms with van der Waals surface area (Å²) in [6.07, 6.45) is 0.438. The van der Waals surface area contributed by atoms with Crippen LogP contribution in [0.25, 0.3) is 0 Å². The number of carbonyl (C=O) groups excluding carboxylic acids is 2. The van der Waals surface area contributed by atoms with E-state index in [1.54, 1.807) is 6.92 Å². The molecule has 0 saturated carbocycles. The van der Waals surface area contributed by atoms with Crippen LogP contribution in [0.5, 0.6) is 0 Å². The van der Waals surface area contributed by atoms with Crippen LogP contribution in [-0.4, -0.2) is 36.1 Å². The molecule has 1 aromatic rings. The van der Waals surface area contributed by atoms with E-state index in [-0.39, 0.29) is 11.9 Å². The molecule has 98 valence electrons. The van der Waals surface area contributed by atoms with Gasteiger partial charge >= 0.3 is 5.97 Å². The third kappa shape index (κ3) is 2.79. The van der Waals surface area contributed by atoms with Crippen LogP contribution in [0.4, 0.5) is 5.13 Å². The number of aromatic nitrogens is 1. The monoisotopic (exact) mass is 269 g/mol. The Morgan fingerprint density at radius 1 is 1.67 bits per heavy atom. The molecule has 1 unspecified atom stereocenters. The molecule has 1 fully saturated rings. The minimum Gasteiger partial charge on any atom is -0.461 e. The predicted octanol–water partition coefficient (Wildman–Crippen LogP) is 0.929. The predicted molar refractivity (Wildman–Crippen MR) is 67.8 cm³/mol. The largest absolute Gasteiger partial charge is 0.461 e. The fourth-order valence-corrected chi connectivity index (χ4v) is 2.61. The van der Waals surface area contributed by atoms with Crippen LogP contribution in [-0.2, 0) is 9.53 Å². The summed E-state index contributed by atoms with van der Waals surface area (Å²) < 4.78 is 4.92. The van der Waals surface area contributed by atoms with Gasteiger partial charge in [0.1, 0.15) is 0 Å². The lowest BCUT2D eigenvalue weighted by Gasteiger charge is -2.07. The van der Waals surface area contributed by atoms with Gasteiger partial charge in [-0.3, -0.25) is 4.79 Å². The first kappa shape index (κ1) is 12.8. The summed E-state index contributed by atoms with van der Waals surface area (Å²) in [5, 5.41) is 6.53. The van der Waals surface area contributed by atoms with Gasteiger partial charge in [0.25, 0.3) is 0 Å². The molecule has 1 aromatic heterocycles. The van der Waals surface area contributed by atoms with Crippen molar-refractivity contribution in [3.63, 3.8) is 0 Å². The number of rotatable bonds is 4. The number of esters is 1. The summed E-state index contributed by atoms with van der Waals surface area (Å²) in [4.78, 5) is 27.7. The highest BCUT2D eigenvalue weighted by Crippen LogP contribution is 2.24. The van der Waals surface area contributed by atoms with Crippen molar-refractivity contribution in [2.75, 3.05) is 18.5 Å². The van der Waals surface area contributed by atoms with Crippen LogP contribution >= 0.6 is 11.3 Å².